The molecule has 0 bridgehead atoms. The molecule has 4 nitrogen and oxygen atoms in total. The van der Waals surface area contributed by atoms with Gasteiger partial charge in [0, 0.05) is 26.2 Å². The Labute approximate surface area is 69.7 Å². The van der Waals surface area contributed by atoms with Crippen LogP contribution in [0.15, 0.2) is 0 Å². The molecule has 0 heterocycles. The topological polar surface area (TPSA) is 76.1 Å². The largest absolute Gasteiger partial charge is 0.331 e. The van der Waals surface area contributed by atoms with Crippen molar-refractivity contribution in [3.63, 3.8) is 0 Å². The van der Waals surface area contributed by atoms with E-state index in [9.17, 15) is 0 Å². The maximum Gasteiger partial charge on any atom is 0.00771 e. The predicted octanol–water partition coefficient (Wildman–Crippen LogP) is -1.28. The molecule has 0 spiro atoms. The average Bonchev–Trinajstić information content (AvgIpc) is 2.00. The molecule has 0 aromatic rings. The van der Waals surface area contributed by atoms with Gasteiger partial charge in [-0.15, -0.1) is 0 Å². The van der Waals surface area contributed by atoms with E-state index in [-0.39, 0.29) is 0 Å². The number of hydrogen-bond donors (Lipinski definition) is 4. The van der Waals surface area contributed by atoms with Gasteiger partial charge in [-0.1, -0.05) is 6.92 Å². The summed E-state index contributed by atoms with van der Waals surface area (Å²) in [5.74, 6) is 0. The van der Waals surface area contributed by atoms with Crippen LogP contribution in [-0.2, 0) is 0 Å². The smallest absolute Gasteiger partial charge is 0.00771 e. The minimum atomic E-state index is 0.726. The molecule has 11 heavy (non-hydrogen) atoms. The SMILES string of the molecule is CCN.CNCCNCCN. The molecule has 70 valence electrons. The summed E-state index contributed by atoms with van der Waals surface area (Å²) < 4.78 is 0. The van der Waals surface area contributed by atoms with E-state index in [0.717, 1.165) is 32.7 Å². The molecular weight excluding hydrogens is 140 g/mol. The zero-order valence-electron chi connectivity index (χ0n) is 7.69. The fraction of sp³-hybridized carbons (Fsp3) is 1.00. The summed E-state index contributed by atoms with van der Waals surface area (Å²) in [4.78, 5) is 0. The average molecular weight is 162 g/mol. The maximum atomic E-state index is 5.23. The summed E-state index contributed by atoms with van der Waals surface area (Å²) >= 11 is 0. The summed E-state index contributed by atoms with van der Waals surface area (Å²) in [7, 11) is 1.93. The summed E-state index contributed by atoms with van der Waals surface area (Å²) in [6.45, 7) is 6.32. The highest BCUT2D eigenvalue weighted by atomic mass is 14.9. The molecular formula is C7H22N4. The van der Waals surface area contributed by atoms with E-state index >= 15 is 0 Å². The number of rotatable bonds is 5. The fourth-order valence-electron chi connectivity index (χ4n) is 0.440. The standard InChI is InChI=1S/C5H15N3.C2H7N/c1-7-4-5-8-3-2-6;1-2-3/h7-8H,2-6H2,1H3;2-3H2,1H3. The van der Waals surface area contributed by atoms with Gasteiger partial charge in [0.05, 0.1) is 0 Å². The van der Waals surface area contributed by atoms with E-state index in [1.165, 1.54) is 0 Å². The summed E-state index contributed by atoms with van der Waals surface area (Å²) in [5.41, 5.74) is 10.1. The molecule has 4 heteroatoms. The number of likely N-dealkylation sites (N-methyl/N-ethyl adjacent to an activating group) is 1. The van der Waals surface area contributed by atoms with Gasteiger partial charge in [-0.2, -0.15) is 0 Å². The lowest BCUT2D eigenvalue weighted by Crippen LogP contribution is -2.29. The van der Waals surface area contributed by atoms with E-state index in [0.29, 0.717) is 0 Å². The molecule has 0 aliphatic rings. The normalized spacial score (nSPS) is 8.73. The Balaban J connectivity index is 0. The number of nitrogens with one attached hydrogen (secondary N) is 2. The van der Waals surface area contributed by atoms with Crippen LogP contribution in [-0.4, -0.2) is 39.8 Å². The molecule has 0 saturated heterocycles. The Morgan fingerprint density at radius 1 is 1.09 bits per heavy atom. The third-order valence-corrected chi connectivity index (χ3v) is 0.873. The van der Waals surface area contributed by atoms with Crippen LogP contribution in [0, 0.1) is 0 Å². The molecule has 0 aliphatic carbocycles. The Bertz CT molecular complexity index is 43.7. The monoisotopic (exact) mass is 162 g/mol. The van der Waals surface area contributed by atoms with Gasteiger partial charge in [-0.05, 0) is 13.6 Å². The minimum Gasteiger partial charge on any atom is -0.331 e. The van der Waals surface area contributed by atoms with E-state index in [4.69, 9.17) is 11.5 Å². The predicted molar refractivity (Wildman–Crippen MR) is 50.6 cm³/mol. The van der Waals surface area contributed by atoms with Crippen molar-refractivity contribution in [3.05, 3.63) is 0 Å². The Morgan fingerprint density at radius 3 is 2.00 bits per heavy atom. The molecule has 0 amide bonds. The van der Waals surface area contributed by atoms with Gasteiger partial charge >= 0.3 is 0 Å². The van der Waals surface area contributed by atoms with Gasteiger partial charge in [0.1, 0.15) is 0 Å². The van der Waals surface area contributed by atoms with Crippen LogP contribution in [0.2, 0.25) is 0 Å². The van der Waals surface area contributed by atoms with Crippen LogP contribution < -0.4 is 22.1 Å². The number of hydrogen-bond acceptors (Lipinski definition) is 4. The summed E-state index contributed by atoms with van der Waals surface area (Å²) in [5, 5.41) is 6.17. The Kier molecular flexibility index (Phi) is 20.1. The van der Waals surface area contributed by atoms with Gasteiger partial charge < -0.3 is 22.1 Å². The van der Waals surface area contributed by atoms with Crippen LogP contribution >= 0.6 is 0 Å². The second kappa shape index (κ2) is 16.4. The third kappa shape index (κ3) is 25.8. The van der Waals surface area contributed by atoms with Crippen LogP contribution in [0.1, 0.15) is 6.92 Å². The van der Waals surface area contributed by atoms with Crippen molar-refractivity contribution in [2.45, 2.75) is 6.92 Å². The van der Waals surface area contributed by atoms with Gasteiger partial charge in [0.2, 0.25) is 0 Å². The lowest BCUT2D eigenvalue weighted by Gasteiger charge is -1.99. The quantitative estimate of drug-likeness (QED) is 0.380. The van der Waals surface area contributed by atoms with Gasteiger partial charge in [0.15, 0.2) is 0 Å². The highest BCUT2D eigenvalue weighted by Crippen LogP contribution is 1.53. The maximum absolute atomic E-state index is 5.23. The van der Waals surface area contributed by atoms with E-state index in [1.54, 1.807) is 0 Å². The zero-order chi connectivity index (χ0) is 8.95. The lowest BCUT2D eigenvalue weighted by atomic mass is 10.6. The summed E-state index contributed by atoms with van der Waals surface area (Å²) in [6, 6.07) is 0. The minimum absolute atomic E-state index is 0.726. The van der Waals surface area contributed by atoms with E-state index in [1.807, 2.05) is 14.0 Å². The highest BCUT2D eigenvalue weighted by Gasteiger charge is 1.79. The van der Waals surface area contributed by atoms with E-state index in [2.05, 4.69) is 10.6 Å². The van der Waals surface area contributed by atoms with Crippen LogP contribution in [0.5, 0.6) is 0 Å². The van der Waals surface area contributed by atoms with Crippen LogP contribution in [0.3, 0.4) is 0 Å². The second-order valence-corrected chi connectivity index (χ2v) is 2.05. The van der Waals surface area contributed by atoms with Crippen molar-refractivity contribution < 1.29 is 0 Å². The molecule has 0 aliphatic heterocycles. The van der Waals surface area contributed by atoms with Crippen molar-refractivity contribution in [1.29, 1.82) is 0 Å². The third-order valence-electron chi connectivity index (χ3n) is 0.873. The molecule has 0 saturated carbocycles. The Hall–Kier alpha value is -0.160. The van der Waals surface area contributed by atoms with Crippen molar-refractivity contribution in [2.24, 2.45) is 11.5 Å². The first-order valence-corrected chi connectivity index (χ1v) is 4.08. The molecule has 0 rings (SSSR count). The molecule has 0 atom stereocenters. The van der Waals surface area contributed by atoms with E-state index < -0.39 is 0 Å². The van der Waals surface area contributed by atoms with Gasteiger partial charge in [-0.3, -0.25) is 0 Å². The molecule has 0 unspecified atom stereocenters. The van der Waals surface area contributed by atoms with Crippen molar-refractivity contribution in [3.8, 4) is 0 Å². The molecule has 0 radical (unpaired) electrons. The number of nitrogens with two attached hydrogens (primary N) is 2. The molecule has 6 N–H and O–H groups in total. The first-order chi connectivity index (χ1) is 5.33. The van der Waals surface area contributed by atoms with Crippen molar-refractivity contribution in [2.75, 3.05) is 39.8 Å². The van der Waals surface area contributed by atoms with Gasteiger partial charge in [-0.25, -0.2) is 0 Å². The van der Waals surface area contributed by atoms with Crippen LogP contribution in [0.25, 0.3) is 0 Å². The molecule has 0 fully saturated rings. The fourth-order valence-corrected chi connectivity index (χ4v) is 0.440. The first kappa shape index (κ1) is 13.4. The highest BCUT2D eigenvalue weighted by molar-refractivity contribution is 4.47. The first-order valence-electron chi connectivity index (χ1n) is 4.08. The zero-order valence-corrected chi connectivity index (χ0v) is 7.69. The lowest BCUT2D eigenvalue weighted by molar-refractivity contribution is 0.654. The molecule has 0 aromatic carbocycles. The van der Waals surface area contributed by atoms with Crippen molar-refractivity contribution >= 4 is 0 Å². The van der Waals surface area contributed by atoms with Crippen LogP contribution in [0.4, 0.5) is 0 Å². The molecule has 0 aromatic heterocycles. The Morgan fingerprint density at radius 2 is 1.64 bits per heavy atom. The van der Waals surface area contributed by atoms with Crippen molar-refractivity contribution in [1.82, 2.24) is 10.6 Å². The van der Waals surface area contributed by atoms with Gasteiger partial charge in [0.25, 0.3) is 0 Å². The summed E-state index contributed by atoms with van der Waals surface area (Å²) in [6.07, 6.45) is 0. The second-order valence-electron chi connectivity index (χ2n) is 2.05.